The van der Waals surface area contributed by atoms with Gasteiger partial charge in [0.2, 0.25) is 0 Å². The summed E-state index contributed by atoms with van der Waals surface area (Å²) in [5, 5.41) is 6.00. The fraction of sp³-hybridized carbons (Fsp3) is 0.0682. The molecule has 7 heteroatoms. The fourth-order valence-corrected chi connectivity index (χ4v) is 7.68. The molecular formula is C44H29N5OPt. The Morgan fingerprint density at radius 2 is 1.29 bits per heavy atom. The number of hydrogen-bond donors (Lipinski definition) is 0. The van der Waals surface area contributed by atoms with Crippen LogP contribution in [-0.2, 0) is 21.1 Å². The molecule has 0 unspecified atom stereocenters. The second-order valence-corrected chi connectivity index (χ2v) is 13.0. The van der Waals surface area contributed by atoms with Gasteiger partial charge in [-0.05, 0) is 60.4 Å². The van der Waals surface area contributed by atoms with Crippen LogP contribution in [-0.4, -0.2) is 23.8 Å². The first kappa shape index (κ1) is 31.2. The molecule has 0 saturated carbocycles. The molecule has 246 valence electrons. The summed E-state index contributed by atoms with van der Waals surface area (Å²) < 4.78 is 10.9. The van der Waals surface area contributed by atoms with Crippen LogP contribution < -0.4 is 4.74 Å². The second-order valence-electron chi connectivity index (χ2n) is 13.0. The van der Waals surface area contributed by atoms with Gasteiger partial charge in [0.05, 0.1) is 22.7 Å². The number of fused-ring (bicyclic) bond motifs is 12. The number of para-hydroxylation sites is 1. The van der Waals surface area contributed by atoms with Crippen molar-refractivity contribution in [3.05, 3.63) is 151 Å². The van der Waals surface area contributed by atoms with Crippen LogP contribution in [0.2, 0.25) is 0 Å². The number of aromatic nitrogens is 5. The fourth-order valence-electron chi connectivity index (χ4n) is 7.68. The third-order valence-electron chi connectivity index (χ3n) is 9.72. The predicted molar refractivity (Wildman–Crippen MR) is 201 cm³/mol. The van der Waals surface area contributed by atoms with Crippen molar-refractivity contribution in [2.75, 3.05) is 0 Å². The quantitative estimate of drug-likeness (QED) is 0.131. The molecule has 10 aromatic rings. The van der Waals surface area contributed by atoms with Crippen LogP contribution in [0.4, 0.5) is 0 Å². The summed E-state index contributed by atoms with van der Waals surface area (Å²) in [6.45, 7) is 6.45. The van der Waals surface area contributed by atoms with Crippen molar-refractivity contribution >= 4 is 54.8 Å². The van der Waals surface area contributed by atoms with Crippen molar-refractivity contribution < 1.29 is 25.8 Å². The van der Waals surface area contributed by atoms with Crippen molar-refractivity contribution in [1.29, 1.82) is 0 Å². The Hall–Kier alpha value is -5.84. The Bertz CT molecular complexity index is 2980. The Morgan fingerprint density at radius 3 is 2.06 bits per heavy atom. The average molecular weight is 839 g/mol. The molecule has 0 N–H and O–H groups in total. The van der Waals surface area contributed by atoms with Crippen LogP contribution in [0.5, 0.6) is 11.5 Å². The Balaban J connectivity index is 0.00000348. The van der Waals surface area contributed by atoms with E-state index in [1.165, 1.54) is 16.7 Å². The number of benzene rings is 5. The third kappa shape index (κ3) is 4.85. The Morgan fingerprint density at radius 1 is 0.627 bits per heavy atom. The minimum absolute atomic E-state index is 0. The van der Waals surface area contributed by atoms with Crippen LogP contribution in [0.25, 0.3) is 77.3 Å². The summed E-state index contributed by atoms with van der Waals surface area (Å²) in [5.74, 6) is 1.17. The zero-order valence-electron chi connectivity index (χ0n) is 28.0. The van der Waals surface area contributed by atoms with E-state index in [1.807, 2.05) is 48.8 Å². The summed E-state index contributed by atoms with van der Waals surface area (Å²) in [6, 6.07) is 42.5. The van der Waals surface area contributed by atoms with Gasteiger partial charge >= 0.3 is 21.1 Å². The van der Waals surface area contributed by atoms with Crippen molar-refractivity contribution in [3.63, 3.8) is 0 Å². The molecule has 0 fully saturated rings. The van der Waals surface area contributed by atoms with E-state index >= 15 is 0 Å². The maximum atomic E-state index is 6.55. The van der Waals surface area contributed by atoms with Crippen molar-refractivity contribution in [2.24, 2.45) is 0 Å². The number of rotatable bonds is 4. The summed E-state index contributed by atoms with van der Waals surface area (Å²) in [4.78, 5) is 14.9. The normalized spacial score (nSPS) is 11.7. The van der Waals surface area contributed by atoms with E-state index < -0.39 is 0 Å². The summed E-state index contributed by atoms with van der Waals surface area (Å²) in [7, 11) is 0. The van der Waals surface area contributed by atoms with Crippen LogP contribution in [0.15, 0.2) is 122 Å². The van der Waals surface area contributed by atoms with Gasteiger partial charge in [-0.15, -0.1) is 12.1 Å². The third-order valence-corrected chi connectivity index (χ3v) is 9.72. The number of ether oxygens (including phenoxy) is 1. The van der Waals surface area contributed by atoms with Gasteiger partial charge in [0.25, 0.3) is 0 Å². The van der Waals surface area contributed by atoms with Gasteiger partial charge in [0, 0.05) is 41.2 Å². The summed E-state index contributed by atoms with van der Waals surface area (Å²) >= 11 is 0. The van der Waals surface area contributed by atoms with Gasteiger partial charge in [0.15, 0.2) is 0 Å². The predicted octanol–water partition coefficient (Wildman–Crippen LogP) is 10.6. The van der Waals surface area contributed by atoms with Gasteiger partial charge in [-0.2, -0.15) is 0 Å². The van der Waals surface area contributed by atoms with Gasteiger partial charge in [-0.1, -0.05) is 118 Å². The van der Waals surface area contributed by atoms with Crippen LogP contribution >= 0.6 is 0 Å². The molecule has 0 atom stereocenters. The molecule has 5 aromatic carbocycles. The van der Waals surface area contributed by atoms with Crippen LogP contribution in [0.1, 0.15) is 16.7 Å². The second kappa shape index (κ2) is 11.9. The van der Waals surface area contributed by atoms with E-state index in [-0.39, 0.29) is 21.1 Å². The van der Waals surface area contributed by atoms with Gasteiger partial charge in [-0.3, -0.25) is 9.97 Å². The topological polar surface area (TPSA) is 56.7 Å². The molecule has 0 amide bonds. The number of hydrogen-bond acceptors (Lipinski definition) is 4. The zero-order chi connectivity index (χ0) is 33.5. The Labute approximate surface area is 308 Å². The minimum atomic E-state index is 0. The minimum Gasteiger partial charge on any atom is -0.497 e. The molecule has 5 aromatic heterocycles. The molecule has 6 nitrogen and oxygen atoms in total. The average Bonchev–Trinajstić information content (AvgIpc) is 3.78. The Kier molecular flexibility index (Phi) is 7.27. The standard InChI is InChI=1S/C44H29N5O.Pt/c1-26-20-27(2)41(28(3)21-26)38-25-48-39-14-8-7-12-34(39)32-17-15-31(23-37(32)44(48)47-38)50-30-16-18-33-35-13-9-19-45-42(35)49-40(29-10-5-4-6-11-29)24-46-43(49)36(33)22-30;/h4-21,24-25H,1-3H3;/q-2;+2. The molecule has 0 bridgehead atoms. The zero-order valence-corrected chi connectivity index (χ0v) is 30.3. The molecule has 10 rings (SSSR count). The van der Waals surface area contributed by atoms with Crippen LogP contribution in [0.3, 0.4) is 0 Å². The van der Waals surface area contributed by atoms with Gasteiger partial charge < -0.3 is 13.5 Å². The van der Waals surface area contributed by atoms with Crippen molar-refractivity contribution in [3.8, 4) is 34.0 Å². The molecule has 0 aliphatic carbocycles. The molecular weight excluding hydrogens is 810 g/mol. The number of nitrogens with zero attached hydrogens (tertiary/aromatic N) is 5. The number of imidazole rings is 2. The maximum Gasteiger partial charge on any atom is 2.00 e. The molecule has 0 saturated heterocycles. The van der Waals surface area contributed by atoms with E-state index in [0.29, 0.717) is 11.5 Å². The molecule has 0 aliphatic heterocycles. The molecule has 51 heavy (non-hydrogen) atoms. The maximum absolute atomic E-state index is 6.55. The first-order valence-corrected chi connectivity index (χ1v) is 16.7. The first-order chi connectivity index (χ1) is 24.5. The largest absolute Gasteiger partial charge is 2.00 e. The SMILES string of the molecule is Cc1cc(C)c(-c2cn3c4ccccc4c4ccc(Oc5[c-]c6c(cc5)c5cccnc5n5c(-c7ccccc7)cnc65)[c-]c4c3n2)c(C)c1.[Pt+2]. The smallest absolute Gasteiger partial charge is 0.497 e. The van der Waals surface area contributed by atoms with Gasteiger partial charge in [0.1, 0.15) is 5.65 Å². The van der Waals surface area contributed by atoms with Gasteiger partial charge in [-0.25, -0.2) is 4.98 Å². The van der Waals surface area contributed by atoms with Crippen molar-refractivity contribution in [1.82, 2.24) is 23.8 Å². The molecule has 5 heterocycles. The summed E-state index contributed by atoms with van der Waals surface area (Å²) in [6.07, 6.45) is 5.88. The van der Waals surface area contributed by atoms with E-state index in [2.05, 4.69) is 115 Å². The van der Waals surface area contributed by atoms with Crippen LogP contribution in [0, 0.1) is 32.9 Å². The van der Waals surface area contributed by atoms with E-state index in [9.17, 15) is 0 Å². The van der Waals surface area contributed by atoms with Crippen molar-refractivity contribution in [2.45, 2.75) is 20.8 Å². The first-order valence-electron chi connectivity index (χ1n) is 16.7. The molecule has 0 spiro atoms. The van der Waals surface area contributed by atoms with E-state index in [0.717, 1.165) is 77.3 Å². The van der Waals surface area contributed by atoms with E-state index in [1.54, 1.807) is 0 Å². The molecule has 0 aliphatic rings. The summed E-state index contributed by atoms with van der Waals surface area (Å²) in [5.41, 5.74) is 11.4. The molecule has 0 radical (unpaired) electrons. The monoisotopic (exact) mass is 838 g/mol. The number of aryl methyl sites for hydroxylation is 3. The number of pyridine rings is 3. The van der Waals surface area contributed by atoms with E-state index in [4.69, 9.17) is 19.7 Å².